The SMILES string of the molecule is CN(C)C(=O)OC1CCN(C(=O)O)C1. The number of nitrogens with zero attached hydrogens (tertiary/aromatic N) is 2. The molecular formula is C8H14N2O4. The molecule has 0 aromatic carbocycles. The Morgan fingerprint density at radius 1 is 1.50 bits per heavy atom. The topological polar surface area (TPSA) is 70.1 Å². The molecule has 1 fully saturated rings. The van der Waals surface area contributed by atoms with Crippen molar-refractivity contribution < 1.29 is 19.4 Å². The normalized spacial score (nSPS) is 20.7. The van der Waals surface area contributed by atoms with E-state index < -0.39 is 12.2 Å². The van der Waals surface area contributed by atoms with Crippen LogP contribution >= 0.6 is 0 Å². The van der Waals surface area contributed by atoms with Crippen LogP contribution in [0.1, 0.15) is 6.42 Å². The van der Waals surface area contributed by atoms with Crippen LogP contribution in [-0.2, 0) is 4.74 Å². The van der Waals surface area contributed by atoms with Gasteiger partial charge in [-0.05, 0) is 0 Å². The predicted molar refractivity (Wildman–Crippen MR) is 48.2 cm³/mol. The number of ether oxygens (including phenoxy) is 1. The highest BCUT2D eigenvalue weighted by Crippen LogP contribution is 2.13. The molecule has 1 N–H and O–H groups in total. The summed E-state index contributed by atoms with van der Waals surface area (Å²) in [7, 11) is 3.18. The lowest BCUT2D eigenvalue weighted by molar-refractivity contribution is 0.0766. The van der Waals surface area contributed by atoms with Gasteiger partial charge in [0, 0.05) is 27.1 Å². The fraction of sp³-hybridized carbons (Fsp3) is 0.750. The summed E-state index contributed by atoms with van der Waals surface area (Å²) >= 11 is 0. The maximum absolute atomic E-state index is 11.1. The number of hydrogen-bond acceptors (Lipinski definition) is 3. The Kier molecular flexibility index (Phi) is 3.16. The summed E-state index contributed by atoms with van der Waals surface area (Å²) in [5.74, 6) is 0. The van der Waals surface area contributed by atoms with Gasteiger partial charge in [0.25, 0.3) is 0 Å². The van der Waals surface area contributed by atoms with Crippen molar-refractivity contribution in [3.63, 3.8) is 0 Å². The second-order valence-electron chi connectivity index (χ2n) is 3.42. The van der Waals surface area contributed by atoms with Crippen molar-refractivity contribution in [1.82, 2.24) is 9.80 Å². The number of likely N-dealkylation sites (tertiary alicyclic amines) is 1. The first-order valence-corrected chi connectivity index (χ1v) is 4.36. The molecule has 1 rings (SSSR count). The Morgan fingerprint density at radius 3 is 2.57 bits per heavy atom. The van der Waals surface area contributed by atoms with Crippen molar-refractivity contribution >= 4 is 12.2 Å². The zero-order chi connectivity index (χ0) is 10.7. The Labute approximate surface area is 82.0 Å². The van der Waals surface area contributed by atoms with Crippen molar-refractivity contribution in [3.8, 4) is 0 Å². The Hall–Kier alpha value is -1.46. The molecule has 2 amide bonds. The lowest BCUT2D eigenvalue weighted by Crippen LogP contribution is -2.32. The molecule has 1 unspecified atom stereocenters. The van der Waals surface area contributed by atoms with Crippen molar-refractivity contribution in [3.05, 3.63) is 0 Å². The maximum Gasteiger partial charge on any atom is 0.409 e. The van der Waals surface area contributed by atoms with Crippen LogP contribution in [0.25, 0.3) is 0 Å². The molecule has 0 aromatic rings. The van der Waals surface area contributed by atoms with Gasteiger partial charge in [-0.15, -0.1) is 0 Å². The number of rotatable bonds is 1. The number of amides is 2. The van der Waals surface area contributed by atoms with Gasteiger partial charge in [0.15, 0.2) is 0 Å². The van der Waals surface area contributed by atoms with E-state index in [1.807, 2.05) is 0 Å². The largest absolute Gasteiger partial charge is 0.465 e. The van der Waals surface area contributed by atoms with Crippen LogP contribution in [0.15, 0.2) is 0 Å². The van der Waals surface area contributed by atoms with E-state index >= 15 is 0 Å². The first-order valence-electron chi connectivity index (χ1n) is 4.36. The highest BCUT2D eigenvalue weighted by atomic mass is 16.6. The molecule has 1 aliphatic rings. The Bertz CT molecular complexity index is 241. The monoisotopic (exact) mass is 202 g/mol. The van der Waals surface area contributed by atoms with Gasteiger partial charge in [-0.2, -0.15) is 0 Å². The summed E-state index contributed by atoms with van der Waals surface area (Å²) < 4.78 is 5.04. The molecule has 0 spiro atoms. The van der Waals surface area contributed by atoms with Gasteiger partial charge >= 0.3 is 12.2 Å². The van der Waals surface area contributed by atoms with Crippen LogP contribution < -0.4 is 0 Å². The van der Waals surface area contributed by atoms with Crippen molar-refractivity contribution in [2.24, 2.45) is 0 Å². The van der Waals surface area contributed by atoms with E-state index in [1.54, 1.807) is 14.1 Å². The number of carbonyl (C=O) groups excluding carboxylic acids is 1. The minimum Gasteiger partial charge on any atom is -0.465 e. The van der Waals surface area contributed by atoms with E-state index in [9.17, 15) is 9.59 Å². The number of carbonyl (C=O) groups is 2. The standard InChI is InChI=1S/C8H14N2O4/c1-9(2)8(13)14-6-3-4-10(5-6)7(11)12/h6H,3-5H2,1-2H3,(H,11,12). The van der Waals surface area contributed by atoms with E-state index in [4.69, 9.17) is 9.84 Å². The fourth-order valence-corrected chi connectivity index (χ4v) is 1.25. The molecule has 0 bridgehead atoms. The average Bonchev–Trinajstić information content (AvgIpc) is 2.52. The van der Waals surface area contributed by atoms with Crippen molar-refractivity contribution in [1.29, 1.82) is 0 Å². The fourth-order valence-electron chi connectivity index (χ4n) is 1.25. The minimum absolute atomic E-state index is 0.273. The zero-order valence-corrected chi connectivity index (χ0v) is 8.27. The molecule has 1 aliphatic heterocycles. The first-order chi connectivity index (χ1) is 6.50. The molecule has 1 heterocycles. The highest BCUT2D eigenvalue weighted by molar-refractivity contribution is 5.68. The van der Waals surface area contributed by atoms with Gasteiger partial charge < -0.3 is 19.6 Å². The van der Waals surface area contributed by atoms with Crippen molar-refractivity contribution in [2.75, 3.05) is 27.2 Å². The average molecular weight is 202 g/mol. The van der Waals surface area contributed by atoms with Crippen LogP contribution in [0.5, 0.6) is 0 Å². The third-order valence-electron chi connectivity index (χ3n) is 2.05. The van der Waals surface area contributed by atoms with E-state index in [0.717, 1.165) is 0 Å². The van der Waals surface area contributed by atoms with Crippen LogP contribution in [0.3, 0.4) is 0 Å². The number of hydrogen-bond donors (Lipinski definition) is 1. The van der Waals surface area contributed by atoms with Crippen LogP contribution in [0.2, 0.25) is 0 Å². The summed E-state index contributed by atoms with van der Waals surface area (Å²) in [6, 6.07) is 0. The summed E-state index contributed by atoms with van der Waals surface area (Å²) in [6.07, 6.45) is -1.12. The first kappa shape index (κ1) is 10.6. The van der Waals surface area contributed by atoms with E-state index in [2.05, 4.69) is 0 Å². The smallest absolute Gasteiger partial charge is 0.409 e. The van der Waals surface area contributed by atoms with Crippen LogP contribution in [0, 0.1) is 0 Å². The van der Waals surface area contributed by atoms with Gasteiger partial charge in [-0.1, -0.05) is 0 Å². The molecule has 80 valence electrons. The van der Waals surface area contributed by atoms with Gasteiger partial charge in [0.2, 0.25) is 0 Å². The highest BCUT2D eigenvalue weighted by Gasteiger charge is 2.28. The lowest BCUT2D eigenvalue weighted by atomic mass is 10.3. The number of carboxylic acid groups (broad SMARTS) is 1. The summed E-state index contributed by atoms with van der Waals surface area (Å²) in [5, 5.41) is 8.65. The third-order valence-corrected chi connectivity index (χ3v) is 2.05. The lowest BCUT2D eigenvalue weighted by Gasteiger charge is -2.16. The second-order valence-corrected chi connectivity index (χ2v) is 3.42. The molecule has 6 heteroatoms. The summed E-state index contributed by atoms with van der Waals surface area (Å²) in [6.45, 7) is 0.704. The van der Waals surface area contributed by atoms with Gasteiger partial charge in [0.05, 0.1) is 6.54 Å². The van der Waals surface area contributed by atoms with Gasteiger partial charge in [-0.25, -0.2) is 9.59 Å². The molecule has 0 saturated carbocycles. The molecular weight excluding hydrogens is 188 g/mol. The molecule has 1 atom stereocenters. The molecule has 0 aliphatic carbocycles. The molecule has 6 nitrogen and oxygen atoms in total. The van der Waals surface area contributed by atoms with E-state index in [-0.39, 0.29) is 12.6 Å². The molecule has 0 aromatic heterocycles. The van der Waals surface area contributed by atoms with Crippen molar-refractivity contribution in [2.45, 2.75) is 12.5 Å². The van der Waals surface area contributed by atoms with Gasteiger partial charge in [-0.3, -0.25) is 0 Å². The molecule has 0 radical (unpaired) electrons. The third kappa shape index (κ3) is 2.51. The summed E-state index contributed by atoms with van der Waals surface area (Å²) in [5.41, 5.74) is 0. The molecule has 14 heavy (non-hydrogen) atoms. The Morgan fingerprint density at radius 2 is 2.14 bits per heavy atom. The second kappa shape index (κ2) is 4.17. The van der Waals surface area contributed by atoms with Crippen LogP contribution in [0.4, 0.5) is 9.59 Å². The zero-order valence-electron chi connectivity index (χ0n) is 8.27. The predicted octanol–water partition coefficient (Wildman–Crippen LogP) is 0.437. The maximum atomic E-state index is 11.1. The Balaban J connectivity index is 2.36. The molecule has 1 saturated heterocycles. The van der Waals surface area contributed by atoms with Crippen LogP contribution in [-0.4, -0.2) is 60.4 Å². The quantitative estimate of drug-likeness (QED) is 0.669. The van der Waals surface area contributed by atoms with E-state index in [0.29, 0.717) is 13.0 Å². The van der Waals surface area contributed by atoms with Gasteiger partial charge in [0.1, 0.15) is 6.10 Å². The van der Waals surface area contributed by atoms with E-state index in [1.165, 1.54) is 9.80 Å². The summed E-state index contributed by atoms with van der Waals surface area (Å²) in [4.78, 5) is 24.2. The minimum atomic E-state index is -0.964.